The number of hydrogen-bond donors (Lipinski definition) is 1. The molecule has 0 radical (unpaired) electrons. The topological polar surface area (TPSA) is 48.1 Å². The highest BCUT2D eigenvalue weighted by atomic mass is 16.5. The SMILES string of the molecule is COC1(C(N)Cc2ccncc2)CCCC1. The number of aromatic nitrogens is 1. The molecule has 1 unspecified atom stereocenters. The molecule has 1 atom stereocenters. The second kappa shape index (κ2) is 4.93. The number of rotatable bonds is 4. The predicted molar refractivity (Wildman–Crippen MR) is 64.1 cm³/mol. The standard InChI is InChI=1S/C13H20N2O/c1-16-13(6-2-3-7-13)12(14)10-11-4-8-15-9-5-11/h4-5,8-9,12H,2-3,6-7,10,14H2,1H3. The molecule has 1 aliphatic carbocycles. The molecule has 3 heteroatoms. The summed E-state index contributed by atoms with van der Waals surface area (Å²) in [6, 6.07) is 4.14. The van der Waals surface area contributed by atoms with Gasteiger partial charge in [0.25, 0.3) is 0 Å². The Morgan fingerprint density at radius 1 is 1.38 bits per heavy atom. The van der Waals surface area contributed by atoms with E-state index < -0.39 is 0 Å². The van der Waals surface area contributed by atoms with Crippen LogP contribution in [0.25, 0.3) is 0 Å². The molecule has 3 nitrogen and oxygen atoms in total. The lowest BCUT2D eigenvalue weighted by atomic mass is 9.88. The second-order valence-electron chi connectivity index (χ2n) is 4.64. The van der Waals surface area contributed by atoms with Crippen molar-refractivity contribution in [2.45, 2.75) is 43.7 Å². The number of nitrogens with two attached hydrogens (primary N) is 1. The minimum absolute atomic E-state index is 0.0856. The summed E-state index contributed by atoms with van der Waals surface area (Å²) in [5.74, 6) is 0. The second-order valence-corrected chi connectivity index (χ2v) is 4.64. The largest absolute Gasteiger partial charge is 0.377 e. The number of nitrogens with zero attached hydrogens (tertiary/aromatic N) is 1. The van der Waals surface area contributed by atoms with Gasteiger partial charge in [-0.3, -0.25) is 4.98 Å². The number of pyridine rings is 1. The van der Waals surface area contributed by atoms with E-state index in [9.17, 15) is 0 Å². The van der Waals surface area contributed by atoms with Gasteiger partial charge in [-0.15, -0.1) is 0 Å². The van der Waals surface area contributed by atoms with E-state index in [0.717, 1.165) is 19.3 Å². The Morgan fingerprint density at radius 2 is 2.00 bits per heavy atom. The normalized spacial score (nSPS) is 20.9. The predicted octanol–water partition coefficient (Wildman–Crippen LogP) is 1.91. The molecule has 0 bridgehead atoms. The number of hydrogen-bond acceptors (Lipinski definition) is 3. The van der Waals surface area contributed by atoms with E-state index in [4.69, 9.17) is 10.5 Å². The molecular formula is C13H20N2O. The van der Waals surface area contributed by atoms with Gasteiger partial charge in [0, 0.05) is 25.5 Å². The lowest BCUT2D eigenvalue weighted by Gasteiger charge is -2.34. The van der Waals surface area contributed by atoms with Crippen LogP contribution in [0.1, 0.15) is 31.2 Å². The fourth-order valence-corrected chi connectivity index (χ4v) is 2.66. The third kappa shape index (κ3) is 2.25. The van der Waals surface area contributed by atoms with E-state index >= 15 is 0 Å². The fourth-order valence-electron chi connectivity index (χ4n) is 2.66. The summed E-state index contributed by atoms with van der Waals surface area (Å²) in [7, 11) is 1.79. The molecule has 0 spiro atoms. The molecule has 0 saturated heterocycles. The molecule has 0 amide bonds. The van der Waals surface area contributed by atoms with Gasteiger partial charge in [0.05, 0.1) is 5.60 Å². The first-order chi connectivity index (χ1) is 7.77. The van der Waals surface area contributed by atoms with Crippen LogP contribution in [0.5, 0.6) is 0 Å². The van der Waals surface area contributed by atoms with Gasteiger partial charge < -0.3 is 10.5 Å². The smallest absolute Gasteiger partial charge is 0.0832 e. The summed E-state index contributed by atoms with van der Waals surface area (Å²) in [5, 5.41) is 0. The molecule has 1 aromatic rings. The maximum Gasteiger partial charge on any atom is 0.0832 e. The van der Waals surface area contributed by atoms with E-state index in [-0.39, 0.29) is 11.6 Å². The zero-order valence-corrected chi connectivity index (χ0v) is 9.86. The zero-order chi connectivity index (χ0) is 11.4. The Morgan fingerprint density at radius 3 is 2.56 bits per heavy atom. The van der Waals surface area contributed by atoms with E-state index in [1.165, 1.54) is 18.4 Å². The van der Waals surface area contributed by atoms with Gasteiger partial charge in [-0.25, -0.2) is 0 Å². The van der Waals surface area contributed by atoms with Crippen molar-refractivity contribution in [1.29, 1.82) is 0 Å². The average Bonchev–Trinajstić information content (AvgIpc) is 2.80. The highest BCUT2D eigenvalue weighted by Gasteiger charge is 2.39. The Bertz CT molecular complexity index is 320. The van der Waals surface area contributed by atoms with Crippen molar-refractivity contribution in [2.24, 2.45) is 5.73 Å². The maximum atomic E-state index is 6.31. The van der Waals surface area contributed by atoms with Crippen LogP contribution in [-0.2, 0) is 11.2 Å². The highest BCUT2D eigenvalue weighted by Crippen LogP contribution is 2.35. The Labute approximate surface area is 97.0 Å². The summed E-state index contributed by atoms with van der Waals surface area (Å²) in [5.41, 5.74) is 7.46. The molecule has 2 rings (SSSR count). The lowest BCUT2D eigenvalue weighted by Crippen LogP contribution is -2.48. The number of ether oxygens (including phenoxy) is 1. The van der Waals surface area contributed by atoms with Gasteiger partial charge in [0.15, 0.2) is 0 Å². The Kier molecular flexibility index (Phi) is 3.56. The van der Waals surface area contributed by atoms with E-state index in [1.54, 1.807) is 7.11 Å². The van der Waals surface area contributed by atoms with Crippen molar-refractivity contribution in [3.63, 3.8) is 0 Å². The lowest BCUT2D eigenvalue weighted by molar-refractivity contribution is -0.0253. The fraction of sp³-hybridized carbons (Fsp3) is 0.615. The van der Waals surface area contributed by atoms with Gasteiger partial charge in [0.2, 0.25) is 0 Å². The van der Waals surface area contributed by atoms with E-state index in [0.29, 0.717) is 0 Å². The molecule has 1 heterocycles. The average molecular weight is 220 g/mol. The van der Waals surface area contributed by atoms with Crippen molar-refractivity contribution >= 4 is 0 Å². The molecule has 0 aliphatic heterocycles. The van der Waals surface area contributed by atoms with Crippen molar-refractivity contribution in [1.82, 2.24) is 4.98 Å². The molecule has 1 fully saturated rings. The van der Waals surface area contributed by atoms with Crippen molar-refractivity contribution < 1.29 is 4.74 Å². The first-order valence-electron chi connectivity index (χ1n) is 5.96. The van der Waals surface area contributed by atoms with Crippen LogP contribution < -0.4 is 5.73 Å². The van der Waals surface area contributed by atoms with Gasteiger partial charge in [-0.05, 0) is 37.0 Å². The highest BCUT2D eigenvalue weighted by molar-refractivity contribution is 5.13. The molecule has 0 aromatic carbocycles. The van der Waals surface area contributed by atoms with Gasteiger partial charge in [-0.1, -0.05) is 12.8 Å². The van der Waals surface area contributed by atoms with Crippen molar-refractivity contribution in [3.8, 4) is 0 Å². The summed E-state index contributed by atoms with van der Waals surface area (Å²) >= 11 is 0. The van der Waals surface area contributed by atoms with Crippen LogP contribution in [0.4, 0.5) is 0 Å². The monoisotopic (exact) mass is 220 g/mol. The summed E-state index contributed by atoms with van der Waals surface area (Å²) < 4.78 is 5.69. The van der Waals surface area contributed by atoms with Crippen LogP contribution >= 0.6 is 0 Å². The first kappa shape index (κ1) is 11.6. The molecular weight excluding hydrogens is 200 g/mol. The maximum absolute atomic E-state index is 6.31. The van der Waals surface area contributed by atoms with Crippen LogP contribution in [0.15, 0.2) is 24.5 Å². The van der Waals surface area contributed by atoms with Crippen LogP contribution in [-0.4, -0.2) is 23.7 Å². The van der Waals surface area contributed by atoms with Crippen LogP contribution in [0.2, 0.25) is 0 Å². The van der Waals surface area contributed by atoms with Crippen molar-refractivity contribution in [3.05, 3.63) is 30.1 Å². The van der Waals surface area contributed by atoms with E-state index in [2.05, 4.69) is 4.98 Å². The van der Waals surface area contributed by atoms with Gasteiger partial charge in [0.1, 0.15) is 0 Å². The summed E-state index contributed by atoms with van der Waals surface area (Å²) in [6.07, 6.45) is 9.16. The Hall–Kier alpha value is -0.930. The third-order valence-corrected chi connectivity index (χ3v) is 3.74. The zero-order valence-electron chi connectivity index (χ0n) is 9.86. The molecule has 88 valence electrons. The van der Waals surface area contributed by atoms with Gasteiger partial charge >= 0.3 is 0 Å². The molecule has 16 heavy (non-hydrogen) atoms. The number of methoxy groups -OCH3 is 1. The summed E-state index contributed by atoms with van der Waals surface area (Å²) in [6.45, 7) is 0. The van der Waals surface area contributed by atoms with Crippen LogP contribution in [0.3, 0.4) is 0 Å². The third-order valence-electron chi connectivity index (χ3n) is 3.74. The van der Waals surface area contributed by atoms with Crippen molar-refractivity contribution in [2.75, 3.05) is 7.11 Å². The van der Waals surface area contributed by atoms with Crippen LogP contribution in [0, 0.1) is 0 Å². The quantitative estimate of drug-likeness (QED) is 0.843. The first-order valence-corrected chi connectivity index (χ1v) is 5.96. The minimum atomic E-state index is -0.0940. The summed E-state index contributed by atoms with van der Waals surface area (Å²) in [4.78, 5) is 4.02. The molecule has 2 N–H and O–H groups in total. The van der Waals surface area contributed by atoms with Gasteiger partial charge in [-0.2, -0.15) is 0 Å². The molecule has 1 saturated carbocycles. The molecule has 1 aliphatic rings. The van der Waals surface area contributed by atoms with E-state index in [1.807, 2.05) is 24.5 Å². The molecule has 1 aromatic heterocycles. The Balaban J connectivity index is 2.04. The minimum Gasteiger partial charge on any atom is -0.377 e.